The first-order chi connectivity index (χ1) is 8.59. The van der Waals surface area contributed by atoms with Crippen molar-refractivity contribution in [3.63, 3.8) is 0 Å². The molecule has 0 unspecified atom stereocenters. The Morgan fingerprint density at radius 2 is 2.00 bits per heavy atom. The van der Waals surface area contributed by atoms with Crippen LogP contribution in [0.25, 0.3) is 0 Å². The Hall–Kier alpha value is -1.14. The number of rotatable bonds is 3. The maximum absolute atomic E-state index is 11.1. The maximum Gasteiger partial charge on any atom is 0.304 e. The van der Waals surface area contributed by atoms with Gasteiger partial charge in [-0.05, 0) is 19.8 Å². The molecule has 0 spiro atoms. The van der Waals surface area contributed by atoms with E-state index in [9.17, 15) is 15.2 Å². The van der Waals surface area contributed by atoms with Crippen LogP contribution in [0.4, 0.5) is 10.7 Å². The minimum Gasteiger partial charge on any atom is -0.388 e. The number of hydrogen-bond donors (Lipinski definition) is 1. The van der Waals surface area contributed by atoms with E-state index in [1.807, 2.05) is 0 Å². The van der Waals surface area contributed by atoms with E-state index in [0.717, 1.165) is 25.9 Å². The second-order valence-corrected chi connectivity index (χ2v) is 5.74. The van der Waals surface area contributed by atoms with Gasteiger partial charge in [-0.25, -0.2) is 0 Å². The van der Waals surface area contributed by atoms with Gasteiger partial charge in [0.25, 0.3) is 0 Å². The van der Waals surface area contributed by atoms with Gasteiger partial charge in [0.1, 0.15) is 0 Å². The van der Waals surface area contributed by atoms with Gasteiger partial charge >= 0.3 is 5.69 Å². The molecule has 1 saturated heterocycles. The third kappa shape index (κ3) is 2.81. The summed E-state index contributed by atoms with van der Waals surface area (Å²) in [7, 11) is 0. The smallest absolute Gasteiger partial charge is 0.304 e. The van der Waals surface area contributed by atoms with Gasteiger partial charge in [-0.15, -0.1) is 11.3 Å². The van der Waals surface area contributed by atoms with Crippen LogP contribution in [-0.4, -0.2) is 23.1 Å². The average Bonchev–Trinajstić information content (AvgIpc) is 2.59. The van der Waals surface area contributed by atoms with Gasteiger partial charge in [0, 0.05) is 24.0 Å². The van der Waals surface area contributed by atoms with Crippen molar-refractivity contribution in [3.05, 3.63) is 21.1 Å². The molecule has 1 N–H and O–H groups in total. The number of aliphatic hydroxyl groups is 1. The summed E-state index contributed by atoms with van der Waals surface area (Å²) in [5, 5.41) is 21.4. The van der Waals surface area contributed by atoms with Crippen LogP contribution >= 0.6 is 11.3 Å². The summed E-state index contributed by atoms with van der Waals surface area (Å²) in [6.45, 7) is 3.39. The number of nitrogens with zero attached hydrogens (tertiary/aromatic N) is 2. The maximum atomic E-state index is 11.1. The lowest BCUT2D eigenvalue weighted by Crippen LogP contribution is -2.23. The molecule has 100 valence electrons. The molecule has 1 aliphatic rings. The molecule has 1 aliphatic heterocycles. The van der Waals surface area contributed by atoms with Crippen LogP contribution in [-0.2, 0) is 0 Å². The number of nitro groups is 1. The highest BCUT2D eigenvalue weighted by Gasteiger charge is 2.25. The van der Waals surface area contributed by atoms with E-state index in [1.165, 1.54) is 30.2 Å². The van der Waals surface area contributed by atoms with E-state index in [2.05, 4.69) is 4.90 Å². The van der Waals surface area contributed by atoms with Crippen molar-refractivity contribution in [1.29, 1.82) is 0 Å². The fraction of sp³-hybridized carbons (Fsp3) is 0.667. The second-order valence-electron chi connectivity index (χ2n) is 4.67. The minimum atomic E-state index is -0.644. The number of thiophene rings is 1. The predicted octanol–water partition coefficient (Wildman–Crippen LogP) is 3.09. The lowest BCUT2D eigenvalue weighted by atomic mass is 10.2. The molecule has 1 fully saturated rings. The van der Waals surface area contributed by atoms with Crippen molar-refractivity contribution in [2.75, 3.05) is 18.0 Å². The van der Waals surface area contributed by atoms with Crippen LogP contribution in [0.5, 0.6) is 0 Å². The Morgan fingerprint density at radius 1 is 1.39 bits per heavy atom. The molecule has 0 bridgehead atoms. The summed E-state index contributed by atoms with van der Waals surface area (Å²) in [4.78, 5) is 13.5. The quantitative estimate of drug-likeness (QED) is 0.677. The zero-order chi connectivity index (χ0) is 13.1. The highest BCUT2D eigenvalue weighted by atomic mass is 32.1. The molecule has 5 nitrogen and oxygen atoms in total. The summed E-state index contributed by atoms with van der Waals surface area (Å²) in [5.74, 6) is 0. The van der Waals surface area contributed by atoms with Crippen LogP contribution in [0, 0.1) is 10.1 Å². The van der Waals surface area contributed by atoms with Gasteiger partial charge < -0.3 is 10.0 Å². The van der Waals surface area contributed by atoms with E-state index in [0.29, 0.717) is 9.88 Å². The molecular weight excluding hydrogens is 252 g/mol. The van der Waals surface area contributed by atoms with Crippen LogP contribution in [0.2, 0.25) is 0 Å². The molecule has 0 saturated carbocycles. The molecule has 0 amide bonds. The molecule has 18 heavy (non-hydrogen) atoms. The molecule has 6 heteroatoms. The number of anilines is 1. The second kappa shape index (κ2) is 5.67. The van der Waals surface area contributed by atoms with Crippen LogP contribution in [0.3, 0.4) is 0 Å². The Morgan fingerprint density at radius 3 is 2.50 bits per heavy atom. The third-order valence-corrected chi connectivity index (χ3v) is 4.57. The van der Waals surface area contributed by atoms with Gasteiger partial charge in [-0.3, -0.25) is 10.1 Å². The monoisotopic (exact) mass is 270 g/mol. The summed E-state index contributed by atoms with van der Waals surface area (Å²) < 4.78 is 0. The van der Waals surface area contributed by atoms with Crippen LogP contribution in [0.1, 0.15) is 43.6 Å². The topological polar surface area (TPSA) is 66.6 Å². The molecule has 0 radical (unpaired) electrons. The standard InChI is InChI=1S/C12H18N2O3S/c1-9(15)11-8-10(14(16)17)12(18-11)13-6-4-2-3-5-7-13/h8-9,15H,2-7H2,1H3/t9-/m0/s1. The molecule has 0 aromatic carbocycles. The predicted molar refractivity (Wildman–Crippen MR) is 72.3 cm³/mol. The van der Waals surface area contributed by atoms with Crippen molar-refractivity contribution in [3.8, 4) is 0 Å². The van der Waals surface area contributed by atoms with Crippen molar-refractivity contribution in [2.24, 2.45) is 0 Å². The fourth-order valence-corrected chi connectivity index (χ4v) is 3.34. The Bertz CT molecular complexity index is 423. The molecule has 1 aromatic rings. The van der Waals surface area contributed by atoms with E-state index in [4.69, 9.17) is 0 Å². The van der Waals surface area contributed by atoms with Crippen LogP contribution < -0.4 is 4.90 Å². The Labute approximate surface area is 110 Å². The molecule has 1 aromatic heterocycles. The Kier molecular flexibility index (Phi) is 4.19. The van der Waals surface area contributed by atoms with Crippen molar-refractivity contribution >= 4 is 22.0 Å². The van der Waals surface area contributed by atoms with Crippen molar-refractivity contribution in [1.82, 2.24) is 0 Å². The van der Waals surface area contributed by atoms with Crippen molar-refractivity contribution in [2.45, 2.75) is 38.7 Å². The third-order valence-electron chi connectivity index (χ3n) is 3.21. The fourth-order valence-electron chi connectivity index (χ4n) is 2.23. The molecule has 1 atom stereocenters. The summed E-state index contributed by atoms with van der Waals surface area (Å²) >= 11 is 1.35. The summed E-state index contributed by atoms with van der Waals surface area (Å²) in [6.07, 6.45) is 3.91. The van der Waals surface area contributed by atoms with Gasteiger partial charge in [0.2, 0.25) is 0 Å². The summed E-state index contributed by atoms with van der Waals surface area (Å²) in [6, 6.07) is 1.51. The lowest BCUT2D eigenvalue weighted by Gasteiger charge is -2.19. The van der Waals surface area contributed by atoms with Gasteiger partial charge in [0.15, 0.2) is 5.00 Å². The number of hydrogen-bond acceptors (Lipinski definition) is 5. The van der Waals surface area contributed by atoms with E-state index >= 15 is 0 Å². The molecule has 2 rings (SSSR count). The Balaban J connectivity index is 2.31. The number of aliphatic hydroxyl groups excluding tert-OH is 1. The normalized spacial score (nSPS) is 18.4. The zero-order valence-electron chi connectivity index (χ0n) is 10.5. The minimum absolute atomic E-state index is 0.137. The highest BCUT2D eigenvalue weighted by Crippen LogP contribution is 2.40. The first-order valence-electron chi connectivity index (χ1n) is 6.30. The zero-order valence-corrected chi connectivity index (χ0v) is 11.3. The average molecular weight is 270 g/mol. The first-order valence-corrected chi connectivity index (χ1v) is 7.12. The largest absolute Gasteiger partial charge is 0.388 e. The molecule has 0 aliphatic carbocycles. The van der Waals surface area contributed by atoms with E-state index < -0.39 is 6.10 Å². The van der Waals surface area contributed by atoms with E-state index in [-0.39, 0.29) is 10.6 Å². The van der Waals surface area contributed by atoms with Gasteiger partial charge in [-0.2, -0.15) is 0 Å². The highest BCUT2D eigenvalue weighted by molar-refractivity contribution is 7.16. The van der Waals surface area contributed by atoms with Crippen LogP contribution in [0.15, 0.2) is 6.07 Å². The molecule has 2 heterocycles. The van der Waals surface area contributed by atoms with E-state index in [1.54, 1.807) is 6.92 Å². The van der Waals surface area contributed by atoms with Gasteiger partial charge in [0.05, 0.1) is 11.0 Å². The molecular formula is C12H18N2O3S. The van der Waals surface area contributed by atoms with Crippen molar-refractivity contribution < 1.29 is 10.0 Å². The van der Waals surface area contributed by atoms with Gasteiger partial charge in [-0.1, -0.05) is 12.8 Å². The SMILES string of the molecule is C[C@H](O)c1cc([N+](=O)[O-])c(N2CCCCCC2)s1. The first kappa shape index (κ1) is 13.3. The summed E-state index contributed by atoms with van der Waals surface area (Å²) in [5.41, 5.74) is 0.137. The lowest BCUT2D eigenvalue weighted by molar-refractivity contribution is -0.383.